The summed E-state index contributed by atoms with van der Waals surface area (Å²) >= 11 is 12.3. The number of carbonyl (C=O) groups is 1. The molecule has 7 heteroatoms. The second kappa shape index (κ2) is 11.6. The number of fused-ring (bicyclic) bond motifs is 1. The summed E-state index contributed by atoms with van der Waals surface area (Å²) in [4.78, 5) is 17.8. The van der Waals surface area contributed by atoms with Crippen molar-refractivity contribution < 1.29 is 14.3 Å². The summed E-state index contributed by atoms with van der Waals surface area (Å²) in [5.41, 5.74) is 2.01. The Morgan fingerprint density at radius 3 is 2.72 bits per heavy atom. The first-order valence-corrected chi connectivity index (χ1v) is 13.3. The van der Waals surface area contributed by atoms with E-state index in [0.29, 0.717) is 16.0 Å². The predicted molar refractivity (Wildman–Crippen MR) is 146 cm³/mol. The van der Waals surface area contributed by atoms with Gasteiger partial charge >= 0.3 is 0 Å². The zero-order valence-electron chi connectivity index (χ0n) is 21.4. The molecule has 0 bridgehead atoms. The van der Waals surface area contributed by atoms with Crippen LogP contribution in [-0.2, 0) is 21.4 Å². The maximum atomic E-state index is 13.4. The van der Waals surface area contributed by atoms with Crippen molar-refractivity contribution in [2.75, 3.05) is 40.9 Å². The summed E-state index contributed by atoms with van der Waals surface area (Å²) in [7, 11) is 5.43. The Kier molecular flexibility index (Phi) is 8.67. The lowest BCUT2D eigenvalue weighted by molar-refractivity contribution is -0.136. The van der Waals surface area contributed by atoms with Gasteiger partial charge in [-0.15, -0.1) is 6.58 Å². The summed E-state index contributed by atoms with van der Waals surface area (Å²) in [6.07, 6.45) is 4.97. The van der Waals surface area contributed by atoms with Crippen LogP contribution in [0.3, 0.4) is 0 Å². The van der Waals surface area contributed by atoms with Gasteiger partial charge < -0.3 is 14.4 Å². The first-order valence-electron chi connectivity index (χ1n) is 12.5. The van der Waals surface area contributed by atoms with Crippen LogP contribution < -0.4 is 4.74 Å². The molecule has 0 radical (unpaired) electrons. The first-order chi connectivity index (χ1) is 17.3. The van der Waals surface area contributed by atoms with Gasteiger partial charge in [0, 0.05) is 44.6 Å². The lowest BCUT2D eigenvalue weighted by Crippen LogP contribution is -2.61. The number of piperidine rings is 1. The minimum Gasteiger partial charge on any atom is -0.497 e. The summed E-state index contributed by atoms with van der Waals surface area (Å²) in [6, 6.07) is 13.9. The highest BCUT2D eigenvalue weighted by Gasteiger charge is 2.53. The Hall–Kier alpha value is -2.05. The Morgan fingerprint density at radius 2 is 2.03 bits per heavy atom. The molecule has 4 rings (SSSR count). The molecule has 1 heterocycles. The molecule has 1 saturated heterocycles. The van der Waals surface area contributed by atoms with Gasteiger partial charge in [-0.3, -0.25) is 9.69 Å². The molecule has 2 aliphatic rings. The summed E-state index contributed by atoms with van der Waals surface area (Å²) in [6.45, 7) is 6.73. The molecule has 1 aliphatic heterocycles. The Labute approximate surface area is 225 Å². The molecule has 5 nitrogen and oxygen atoms in total. The lowest BCUT2D eigenvalue weighted by atomic mass is 9.56. The topological polar surface area (TPSA) is 42.0 Å². The van der Waals surface area contributed by atoms with Crippen LogP contribution >= 0.6 is 23.2 Å². The molecular formula is C29H36Cl2N2O3. The fourth-order valence-corrected chi connectivity index (χ4v) is 6.54. The molecule has 0 aromatic heterocycles. The fraction of sp³-hybridized carbons (Fsp3) is 0.483. The number of benzene rings is 2. The highest BCUT2D eigenvalue weighted by molar-refractivity contribution is 6.42. The van der Waals surface area contributed by atoms with Gasteiger partial charge in [-0.25, -0.2) is 0 Å². The van der Waals surface area contributed by atoms with Gasteiger partial charge in [0.1, 0.15) is 5.75 Å². The van der Waals surface area contributed by atoms with Gasteiger partial charge in [0.05, 0.1) is 29.7 Å². The fourth-order valence-electron chi connectivity index (χ4n) is 6.22. The zero-order valence-corrected chi connectivity index (χ0v) is 22.9. The van der Waals surface area contributed by atoms with E-state index in [2.05, 4.69) is 29.7 Å². The van der Waals surface area contributed by atoms with Crippen LogP contribution in [0.1, 0.15) is 30.4 Å². The zero-order chi connectivity index (χ0) is 25.9. The quantitative estimate of drug-likeness (QED) is 0.415. The van der Waals surface area contributed by atoms with Crippen LogP contribution in [0.4, 0.5) is 0 Å². The van der Waals surface area contributed by atoms with Crippen LogP contribution in [-0.4, -0.2) is 68.8 Å². The van der Waals surface area contributed by atoms with Gasteiger partial charge in [-0.2, -0.15) is 0 Å². The third kappa shape index (κ3) is 5.45. The normalized spacial score (nSPS) is 26.2. The van der Waals surface area contributed by atoms with E-state index in [9.17, 15) is 4.79 Å². The molecular weight excluding hydrogens is 495 g/mol. The summed E-state index contributed by atoms with van der Waals surface area (Å²) in [5.74, 6) is 1.23. The van der Waals surface area contributed by atoms with E-state index >= 15 is 0 Å². The molecule has 1 aliphatic carbocycles. The maximum absolute atomic E-state index is 13.4. The van der Waals surface area contributed by atoms with Crippen LogP contribution in [0, 0.1) is 5.92 Å². The Bertz CT molecular complexity index is 1090. The second-order valence-corrected chi connectivity index (χ2v) is 10.9. The monoisotopic (exact) mass is 530 g/mol. The standard InChI is InChI=1S/C29H36Cl2N2O3/c1-5-12-33-13-11-29(21-7-6-8-23(16-21)35-3)18-22(17-27(36-4)24(29)19-33)32(2)28(34)15-20-9-10-25(30)26(31)14-20/h5-10,14,16,22,24,27H,1,11-13,15,17-19H2,2-4H3/t22-,24+,27?,29+/m1/s1. The van der Waals surface area contributed by atoms with Crippen molar-refractivity contribution >= 4 is 29.1 Å². The van der Waals surface area contributed by atoms with Crippen molar-refractivity contribution in [2.45, 2.75) is 43.2 Å². The second-order valence-electron chi connectivity index (χ2n) is 10.1. The Morgan fingerprint density at radius 1 is 1.22 bits per heavy atom. The third-order valence-electron chi connectivity index (χ3n) is 8.21. The van der Waals surface area contributed by atoms with E-state index in [0.717, 1.165) is 50.2 Å². The van der Waals surface area contributed by atoms with Crippen LogP contribution in [0.25, 0.3) is 0 Å². The molecule has 2 fully saturated rings. The number of carbonyl (C=O) groups excluding carboxylic acids is 1. The predicted octanol–water partition coefficient (Wildman–Crippen LogP) is 5.63. The summed E-state index contributed by atoms with van der Waals surface area (Å²) < 4.78 is 11.7. The number of likely N-dealkylation sites (tertiary alicyclic amines) is 1. The average Bonchev–Trinajstić information content (AvgIpc) is 2.89. The smallest absolute Gasteiger partial charge is 0.226 e. The molecule has 2 aromatic carbocycles. The van der Waals surface area contributed by atoms with Crippen molar-refractivity contribution in [1.29, 1.82) is 0 Å². The lowest BCUT2D eigenvalue weighted by Gasteiger charge is -2.56. The van der Waals surface area contributed by atoms with E-state index in [1.807, 2.05) is 30.2 Å². The van der Waals surface area contributed by atoms with Crippen molar-refractivity contribution in [2.24, 2.45) is 5.92 Å². The van der Waals surface area contributed by atoms with Crippen LogP contribution in [0.5, 0.6) is 5.75 Å². The molecule has 0 N–H and O–H groups in total. The van der Waals surface area contributed by atoms with Gasteiger partial charge in [-0.05, 0) is 61.2 Å². The number of methoxy groups -OCH3 is 2. The first kappa shape index (κ1) is 27.0. The van der Waals surface area contributed by atoms with Gasteiger partial charge in [-0.1, -0.05) is 47.5 Å². The minimum atomic E-state index is -0.117. The number of hydrogen-bond acceptors (Lipinski definition) is 4. The molecule has 194 valence electrons. The minimum absolute atomic E-state index is 0.0304. The number of ether oxygens (including phenoxy) is 2. The SMILES string of the molecule is C=CCN1CC[C@@]2(c3cccc(OC)c3)C[C@H](N(C)C(=O)Cc3ccc(Cl)c(Cl)c3)CC(OC)[C@@H]2C1. The van der Waals surface area contributed by atoms with Gasteiger partial charge in [0.25, 0.3) is 0 Å². The molecule has 2 aromatic rings. The largest absolute Gasteiger partial charge is 0.497 e. The molecule has 1 amide bonds. The Balaban J connectivity index is 1.64. The third-order valence-corrected chi connectivity index (χ3v) is 8.95. The molecule has 4 atom stereocenters. The highest BCUT2D eigenvalue weighted by atomic mass is 35.5. The number of likely N-dealkylation sites (N-methyl/N-ethyl adjacent to an activating group) is 1. The average molecular weight is 532 g/mol. The van der Waals surface area contributed by atoms with E-state index in [-0.39, 0.29) is 29.9 Å². The molecule has 36 heavy (non-hydrogen) atoms. The van der Waals surface area contributed by atoms with E-state index in [1.165, 1.54) is 5.56 Å². The summed E-state index contributed by atoms with van der Waals surface area (Å²) in [5, 5.41) is 0.957. The van der Waals surface area contributed by atoms with Gasteiger partial charge in [0.2, 0.25) is 5.91 Å². The van der Waals surface area contributed by atoms with Crippen molar-refractivity contribution in [3.63, 3.8) is 0 Å². The number of amides is 1. The molecule has 0 spiro atoms. The number of rotatable bonds is 8. The van der Waals surface area contributed by atoms with Crippen LogP contribution in [0.15, 0.2) is 55.1 Å². The van der Waals surface area contributed by atoms with E-state index in [4.69, 9.17) is 32.7 Å². The molecule has 1 saturated carbocycles. The highest BCUT2D eigenvalue weighted by Crippen LogP contribution is 2.51. The molecule has 1 unspecified atom stereocenters. The van der Waals surface area contributed by atoms with Crippen molar-refractivity contribution in [1.82, 2.24) is 9.80 Å². The number of halogens is 2. The number of hydrogen-bond donors (Lipinski definition) is 0. The number of nitrogens with zero attached hydrogens (tertiary/aromatic N) is 2. The van der Waals surface area contributed by atoms with E-state index in [1.54, 1.807) is 26.4 Å². The van der Waals surface area contributed by atoms with Gasteiger partial charge in [0.15, 0.2) is 0 Å². The maximum Gasteiger partial charge on any atom is 0.226 e. The van der Waals surface area contributed by atoms with Crippen molar-refractivity contribution in [3.05, 3.63) is 76.3 Å². The van der Waals surface area contributed by atoms with Crippen molar-refractivity contribution in [3.8, 4) is 5.75 Å². The van der Waals surface area contributed by atoms with E-state index < -0.39 is 0 Å². The van der Waals surface area contributed by atoms with Crippen LogP contribution in [0.2, 0.25) is 10.0 Å².